The van der Waals surface area contributed by atoms with Crippen LogP contribution in [0.25, 0.3) is 0 Å². The number of anilines is 1. The van der Waals surface area contributed by atoms with E-state index in [1.165, 1.54) is 31.4 Å². The van der Waals surface area contributed by atoms with Gasteiger partial charge in [-0.15, -0.1) is 0 Å². The molecule has 1 fully saturated rings. The van der Waals surface area contributed by atoms with Crippen molar-refractivity contribution >= 4 is 5.69 Å². The zero-order valence-electron chi connectivity index (χ0n) is 12.8. The quantitative estimate of drug-likeness (QED) is 0.728. The Bertz CT molecular complexity index is 385. The van der Waals surface area contributed by atoms with Crippen molar-refractivity contribution in [2.75, 3.05) is 31.6 Å². The molecule has 1 aliphatic carbocycles. The molecule has 1 saturated carbocycles. The van der Waals surface area contributed by atoms with Crippen LogP contribution in [0.1, 0.15) is 32.6 Å². The van der Waals surface area contributed by atoms with Crippen LogP contribution in [0.15, 0.2) is 30.3 Å². The average Bonchev–Trinajstić information content (AvgIpc) is 3.34. The molecule has 20 heavy (non-hydrogen) atoms. The predicted molar refractivity (Wildman–Crippen MR) is 85.2 cm³/mol. The number of nitrogens with one attached hydrogen (secondary N) is 1. The number of likely N-dealkylation sites (N-methyl/N-ethyl adjacent to an activating group) is 1. The molecular weight excluding hydrogens is 248 g/mol. The number of unbranched alkanes of at least 4 members (excludes halogenated alkanes) is 1. The Morgan fingerprint density at radius 1 is 1.30 bits per heavy atom. The second-order valence-corrected chi connectivity index (χ2v) is 5.95. The summed E-state index contributed by atoms with van der Waals surface area (Å²) in [5.41, 5.74) is 1.11. The van der Waals surface area contributed by atoms with Gasteiger partial charge >= 0.3 is 0 Å². The summed E-state index contributed by atoms with van der Waals surface area (Å²) in [7, 11) is 1.98. The van der Waals surface area contributed by atoms with Gasteiger partial charge in [0.2, 0.25) is 0 Å². The van der Waals surface area contributed by atoms with Crippen LogP contribution in [-0.2, 0) is 0 Å². The molecule has 0 spiro atoms. The molecule has 3 nitrogen and oxygen atoms in total. The fraction of sp³-hybridized carbons (Fsp3) is 0.647. The maximum atomic E-state index is 9.92. The minimum absolute atomic E-state index is 0.149. The second kappa shape index (κ2) is 7.09. The lowest BCUT2D eigenvalue weighted by Gasteiger charge is -2.38. The van der Waals surface area contributed by atoms with E-state index in [1.807, 2.05) is 7.05 Å². The molecule has 1 aromatic rings. The molecule has 1 aromatic carbocycles. The second-order valence-electron chi connectivity index (χ2n) is 5.95. The van der Waals surface area contributed by atoms with Gasteiger partial charge in [0.15, 0.2) is 0 Å². The molecule has 1 atom stereocenters. The summed E-state index contributed by atoms with van der Waals surface area (Å²) in [6, 6.07) is 10.6. The van der Waals surface area contributed by atoms with Gasteiger partial charge < -0.3 is 15.3 Å². The monoisotopic (exact) mass is 276 g/mol. The van der Waals surface area contributed by atoms with Crippen LogP contribution in [0.3, 0.4) is 0 Å². The van der Waals surface area contributed by atoms with Crippen molar-refractivity contribution in [2.24, 2.45) is 5.92 Å². The van der Waals surface area contributed by atoms with E-state index in [0.717, 1.165) is 13.1 Å². The predicted octanol–water partition coefficient (Wildman–Crippen LogP) is 2.65. The molecular formula is C17H28N2O. The highest BCUT2D eigenvalue weighted by Crippen LogP contribution is 2.40. The van der Waals surface area contributed by atoms with Gasteiger partial charge in [0, 0.05) is 18.8 Å². The Morgan fingerprint density at radius 3 is 2.50 bits per heavy atom. The van der Waals surface area contributed by atoms with Crippen molar-refractivity contribution in [1.82, 2.24) is 5.32 Å². The highest BCUT2D eigenvalue weighted by Gasteiger charge is 2.44. The number of hydrogen-bond donors (Lipinski definition) is 2. The first kappa shape index (κ1) is 15.3. The summed E-state index contributed by atoms with van der Waals surface area (Å²) in [6.07, 6.45) is 4.85. The molecule has 2 N–H and O–H groups in total. The molecule has 0 amide bonds. The standard InChI is InChI=1S/C17H28N2O/c1-3-4-12-19(16-8-6-5-7-9-16)13-17(14-20,18-2)15-10-11-15/h5-9,15,18,20H,3-4,10-14H2,1-2H3. The van der Waals surface area contributed by atoms with Crippen LogP contribution in [-0.4, -0.2) is 37.4 Å². The molecule has 112 valence electrons. The van der Waals surface area contributed by atoms with E-state index in [1.54, 1.807) is 0 Å². The van der Waals surface area contributed by atoms with Crippen LogP contribution in [0.2, 0.25) is 0 Å². The lowest BCUT2D eigenvalue weighted by atomic mass is 9.93. The highest BCUT2D eigenvalue weighted by molar-refractivity contribution is 5.46. The van der Waals surface area contributed by atoms with Gasteiger partial charge in [-0.3, -0.25) is 0 Å². The molecule has 3 heteroatoms. The third-order valence-electron chi connectivity index (χ3n) is 4.51. The van der Waals surface area contributed by atoms with Crippen LogP contribution < -0.4 is 10.2 Å². The summed E-state index contributed by atoms with van der Waals surface area (Å²) in [6.45, 7) is 4.37. The van der Waals surface area contributed by atoms with Crippen molar-refractivity contribution in [3.63, 3.8) is 0 Å². The van der Waals surface area contributed by atoms with Crippen molar-refractivity contribution in [3.8, 4) is 0 Å². The zero-order valence-corrected chi connectivity index (χ0v) is 12.8. The van der Waals surface area contributed by atoms with Gasteiger partial charge in [-0.25, -0.2) is 0 Å². The summed E-state index contributed by atoms with van der Waals surface area (Å²) in [5, 5.41) is 13.3. The maximum absolute atomic E-state index is 9.92. The molecule has 0 aromatic heterocycles. The van der Waals surface area contributed by atoms with Gasteiger partial charge in [-0.1, -0.05) is 31.5 Å². The number of aliphatic hydroxyl groups excluding tert-OH is 1. The minimum atomic E-state index is -0.149. The van der Waals surface area contributed by atoms with Gasteiger partial charge in [0.05, 0.1) is 12.1 Å². The van der Waals surface area contributed by atoms with Crippen molar-refractivity contribution in [3.05, 3.63) is 30.3 Å². The third-order valence-corrected chi connectivity index (χ3v) is 4.51. The Kier molecular flexibility index (Phi) is 5.44. The van der Waals surface area contributed by atoms with E-state index in [9.17, 15) is 5.11 Å². The fourth-order valence-corrected chi connectivity index (χ4v) is 2.93. The van der Waals surface area contributed by atoms with Crippen LogP contribution in [0, 0.1) is 5.92 Å². The Labute approximate surface area is 123 Å². The molecule has 0 aliphatic heterocycles. The van der Waals surface area contributed by atoms with Crippen LogP contribution >= 0.6 is 0 Å². The normalized spacial score (nSPS) is 17.8. The number of aliphatic hydroxyl groups is 1. The minimum Gasteiger partial charge on any atom is -0.394 e. The van der Waals surface area contributed by atoms with E-state index in [-0.39, 0.29) is 12.1 Å². The fourth-order valence-electron chi connectivity index (χ4n) is 2.93. The summed E-state index contributed by atoms with van der Waals surface area (Å²) >= 11 is 0. The first-order chi connectivity index (χ1) is 9.75. The number of hydrogen-bond acceptors (Lipinski definition) is 3. The molecule has 0 radical (unpaired) electrons. The third kappa shape index (κ3) is 3.53. The first-order valence-corrected chi connectivity index (χ1v) is 7.85. The van der Waals surface area contributed by atoms with E-state index in [2.05, 4.69) is 47.5 Å². The molecule has 0 saturated heterocycles. The molecule has 0 bridgehead atoms. The van der Waals surface area contributed by atoms with E-state index >= 15 is 0 Å². The SMILES string of the molecule is CCCCN(CC(CO)(NC)C1CC1)c1ccccc1. The average molecular weight is 276 g/mol. The van der Waals surface area contributed by atoms with Gasteiger partial charge in [0.25, 0.3) is 0 Å². The topological polar surface area (TPSA) is 35.5 Å². The molecule has 1 aliphatic rings. The largest absolute Gasteiger partial charge is 0.394 e. The smallest absolute Gasteiger partial charge is 0.0633 e. The zero-order chi connectivity index (χ0) is 14.4. The Balaban J connectivity index is 2.14. The summed E-state index contributed by atoms with van der Waals surface area (Å²) in [4.78, 5) is 2.43. The van der Waals surface area contributed by atoms with Crippen LogP contribution in [0.4, 0.5) is 5.69 Å². The van der Waals surface area contributed by atoms with E-state index in [4.69, 9.17) is 0 Å². The maximum Gasteiger partial charge on any atom is 0.0633 e. The van der Waals surface area contributed by atoms with Crippen molar-refractivity contribution < 1.29 is 5.11 Å². The van der Waals surface area contributed by atoms with Crippen LogP contribution in [0.5, 0.6) is 0 Å². The lowest BCUT2D eigenvalue weighted by molar-refractivity contribution is 0.151. The lowest BCUT2D eigenvalue weighted by Crippen LogP contribution is -2.57. The van der Waals surface area contributed by atoms with E-state index in [0.29, 0.717) is 5.92 Å². The van der Waals surface area contributed by atoms with Crippen molar-refractivity contribution in [1.29, 1.82) is 0 Å². The highest BCUT2D eigenvalue weighted by atomic mass is 16.3. The number of rotatable bonds is 9. The molecule has 2 rings (SSSR count). The number of para-hydroxylation sites is 1. The van der Waals surface area contributed by atoms with Crippen molar-refractivity contribution in [2.45, 2.75) is 38.1 Å². The van der Waals surface area contributed by atoms with Gasteiger partial charge in [-0.2, -0.15) is 0 Å². The Hall–Kier alpha value is -1.06. The molecule has 1 unspecified atom stereocenters. The Morgan fingerprint density at radius 2 is 2.00 bits per heavy atom. The summed E-state index contributed by atoms with van der Waals surface area (Å²) in [5.74, 6) is 0.616. The number of nitrogens with zero attached hydrogens (tertiary/aromatic N) is 1. The molecule has 0 heterocycles. The van der Waals surface area contributed by atoms with E-state index < -0.39 is 0 Å². The summed E-state index contributed by atoms with van der Waals surface area (Å²) < 4.78 is 0. The van der Waals surface area contributed by atoms with Gasteiger partial charge in [0.1, 0.15) is 0 Å². The first-order valence-electron chi connectivity index (χ1n) is 7.85. The number of benzene rings is 1. The van der Waals surface area contributed by atoms with Gasteiger partial charge in [-0.05, 0) is 44.4 Å².